The average molecular weight is 553 g/mol. The molecule has 2 aromatic heterocycles. The second-order valence-corrected chi connectivity index (χ2v) is 8.62. The van der Waals surface area contributed by atoms with Gasteiger partial charge in [0, 0.05) is 34.5 Å². The van der Waals surface area contributed by atoms with Gasteiger partial charge in [-0.05, 0) is 38.1 Å². The predicted molar refractivity (Wildman–Crippen MR) is 124 cm³/mol. The number of benzene rings is 2. The molecule has 0 saturated carbocycles. The van der Waals surface area contributed by atoms with Crippen molar-refractivity contribution in [2.24, 2.45) is 0 Å². The van der Waals surface area contributed by atoms with Crippen molar-refractivity contribution in [2.75, 3.05) is 5.32 Å². The lowest BCUT2D eigenvalue weighted by molar-refractivity contribution is -0.138. The lowest BCUT2D eigenvalue weighted by Crippen LogP contribution is -2.19. The number of hydrogen-bond donors (Lipinski definition) is 2. The van der Waals surface area contributed by atoms with E-state index in [0.29, 0.717) is 5.52 Å². The number of carbonyl (C=O) groups excluding carboxylic acids is 1. The molecule has 12 heteroatoms. The highest BCUT2D eigenvalue weighted by Crippen LogP contribution is 2.38. The van der Waals surface area contributed by atoms with E-state index in [1.165, 1.54) is 41.1 Å². The zero-order valence-corrected chi connectivity index (χ0v) is 19.8. The average Bonchev–Trinajstić information content (AvgIpc) is 3.11. The van der Waals surface area contributed by atoms with Gasteiger partial charge in [0.05, 0.1) is 11.1 Å². The molecule has 4 aromatic rings. The molecule has 0 spiro atoms. The van der Waals surface area contributed by atoms with Crippen LogP contribution in [0.5, 0.6) is 11.5 Å². The first-order chi connectivity index (χ1) is 16.5. The van der Waals surface area contributed by atoms with Crippen molar-refractivity contribution >= 4 is 38.7 Å². The number of ether oxygens (including phenoxy) is 1. The Morgan fingerprint density at radius 3 is 2.57 bits per heavy atom. The molecule has 0 atom stereocenters. The molecule has 2 heterocycles. The van der Waals surface area contributed by atoms with Gasteiger partial charge in [-0.25, -0.2) is 14.2 Å². The van der Waals surface area contributed by atoms with E-state index in [9.17, 15) is 27.2 Å². The van der Waals surface area contributed by atoms with E-state index in [1.54, 1.807) is 13.8 Å². The minimum Gasteiger partial charge on any atom is -0.452 e. The first-order valence-corrected chi connectivity index (χ1v) is 11.0. The maximum atomic E-state index is 14.8. The van der Waals surface area contributed by atoms with Gasteiger partial charge < -0.3 is 10.1 Å². The standard InChI is InChI=1S/C23H17BrF4N4O3/c1-11(2)32-19-17(8-9-29-20(19)31-22(32)34)35-16-7-6-12(10-15(16)25)30-21(33)13-4-3-5-14(24)18(13)23(26,27)28/h3-11H,1-2H3,(H,30,33)(H,29,31,34). The van der Waals surface area contributed by atoms with Crippen molar-refractivity contribution in [1.82, 2.24) is 14.5 Å². The van der Waals surface area contributed by atoms with Crippen molar-refractivity contribution in [3.8, 4) is 11.5 Å². The Balaban J connectivity index is 1.63. The molecule has 0 fully saturated rings. The van der Waals surface area contributed by atoms with Crippen molar-refractivity contribution in [2.45, 2.75) is 26.1 Å². The van der Waals surface area contributed by atoms with Crippen LogP contribution >= 0.6 is 15.9 Å². The Kier molecular flexibility index (Phi) is 6.41. The van der Waals surface area contributed by atoms with Gasteiger partial charge in [0.25, 0.3) is 5.91 Å². The number of nitrogens with one attached hydrogen (secondary N) is 2. The molecule has 0 radical (unpaired) electrons. The second kappa shape index (κ2) is 9.17. The maximum absolute atomic E-state index is 14.8. The lowest BCUT2D eigenvalue weighted by atomic mass is 10.1. The highest BCUT2D eigenvalue weighted by Gasteiger charge is 2.37. The van der Waals surface area contributed by atoms with E-state index in [4.69, 9.17) is 4.74 Å². The third-order valence-electron chi connectivity index (χ3n) is 5.04. The molecular formula is C23H17BrF4N4O3. The summed E-state index contributed by atoms with van der Waals surface area (Å²) in [5.41, 5.74) is -1.62. The molecule has 0 aliphatic rings. The van der Waals surface area contributed by atoms with E-state index < -0.39 is 34.7 Å². The molecule has 0 unspecified atom stereocenters. The number of aromatic amines is 1. The Labute approximate surface area is 203 Å². The molecule has 182 valence electrons. The van der Waals surface area contributed by atoms with E-state index in [1.807, 2.05) is 0 Å². The fourth-order valence-electron chi connectivity index (χ4n) is 3.58. The van der Waals surface area contributed by atoms with Crippen LogP contribution in [-0.2, 0) is 6.18 Å². The monoisotopic (exact) mass is 552 g/mol. The highest BCUT2D eigenvalue weighted by atomic mass is 79.9. The Bertz CT molecular complexity index is 1490. The number of nitrogens with zero attached hydrogens (tertiary/aromatic N) is 2. The molecular weight excluding hydrogens is 536 g/mol. The molecule has 2 aromatic carbocycles. The second-order valence-electron chi connectivity index (χ2n) is 7.76. The smallest absolute Gasteiger partial charge is 0.418 e. The molecule has 0 aliphatic heterocycles. The van der Waals surface area contributed by atoms with Crippen molar-refractivity contribution in [1.29, 1.82) is 0 Å². The zero-order chi connectivity index (χ0) is 25.5. The highest BCUT2D eigenvalue weighted by molar-refractivity contribution is 9.10. The van der Waals surface area contributed by atoms with Crippen LogP contribution in [0.2, 0.25) is 0 Å². The molecule has 0 aliphatic carbocycles. The van der Waals surface area contributed by atoms with Gasteiger partial charge in [0.15, 0.2) is 23.0 Å². The maximum Gasteiger partial charge on any atom is 0.418 e. The fourth-order valence-corrected chi connectivity index (χ4v) is 4.17. The van der Waals surface area contributed by atoms with Gasteiger partial charge in [0.2, 0.25) is 0 Å². The fraction of sp³-hybridized carbons (Fsp3) is 0.174. The number of hydrogen-bond acceptors (Lipinski definition) is 4. The minimum atomic E-state index is -4.78. The van der Waals surface area contributed by atoms with E-state index in [-0.39, 0.29) is 33.3 Å². The first kappa shape index (κ1) is 24.5. The molecule has 2 N–H and O–H groups in total. The van der Waals surface area contributed by atoms with Gasteiger partial charge in [-0.2, -0.15) is 13.2 Å². The summed E-state index contributed by atoms with van der Waals surface area (Å²) in [6.07, 6.45) is -3.39. The van der Waals surface area contributed by atoms with Crippen molar-refractivity contribution < 1.29 is 27.1 Å². The Hall–Kier alpha value is -3.67. The van der Waals surface area contributed by atoms with Crippen molar-refractivity contribution in [3.05, 3.63) is 80.6 Å². The lowest BCUT2D eigenvalue weighted by Gasteiger charge is -2.15. The number of anilines is 1. The molecule has 1 amide bonds. The number of imidazole rings is 1. The van der Waals surface area contributed by atoms with Crippen molar-refractivity contribution in [3.63, 3.8) is 0 Å². The van der Waals surface area contributed by atoms with Crippen LogP contribution < -0.4 is 15.7 Å². The van der Waals surface area contributed by atoms with Crippen LogP contribution in [0, 0.1) is 5.82 Å². The molecule has 35 heavy (non-hydrogen) atoms. The summed E-state index contributed by atoms with van der Waals surface area (Å²) in [6, 6.07) is 8.14. The van der Waals surface area contributed by atoms with Crippen LogP contribution in [0.4, 0.5) is 23.2 Å². The normalized spacial score (nSPS) is 11.8. The third kappa shape index (κ3) is 4.78. The van der Waals surface area contributed by atoms with Crippen LogP contribution in [-0.4, -0.2) is 20.4 Å². The summed E-state index contributed by atoms with van der Waals surface area (Å²) in [4.78, 5) is 31.5. The number of rotatable bonds is 5. The zero-order valence-electron chi connectivity index (χ0n) is 18.2. The van der Waals surface area contributed by atoms with Crippen LogP contribution in [0.1, 0.15) is 35.8 Å². The van der Waals surface area contributed by atoms with Crippen LogP contribution in [0.15, 0.2) is 57.9 Å². The van der Waals surface area contributed by atoms with Crippen LogP contribution in [0.25, 0.3) is 11.2 Å². The summed E-state index contributed by atoms with van der Waals surface area (Å²) in [5.74, 6) is -2.00. The number of aromatic nitrogens is 3. The Morgan fingerprint density at radius 2 is 1.91 bits per heavy atom. The number of alkyl halides is 3. The minimum absolute atomic E-state index is 0.0754. The number of pyridine rings is 1. The molecule has 0 bridgehead atoms. The Morgan fingerprint density at radius 1 is 1.17 bits per heavy atom. The summed E-state index contributed by atoms with van der Waals surface area (Å²) < 4.78 is 61.9. The topological polar surface area (TPSA) is 89.0 Å². The summed E-state index contributed by atoms with van der Waals surface area (Å²) >= 11 is 2.82. The van der Waals surface area contributed by atoms with E-state index in [0.717, 1.165) is 12.1 Å². The summed E-state index contributed by atoms with van der Waals surface area (Å²) in [5, 5.41) is 2.27. The third-order valence-corrected chi connectivity index (χ3v) is 5.70. The number of carbonyl (C=O) groups is 1. The van der Waals surface area contributed by atoms with Gasteiger partial charge in [-0.3, -0.25) is 14.3 Å². The molecule has 7 nitrogen and oxygen atoms in total. The molecule has 0 saturated heterocycles. The number of fused-ring (bicyclic) bond motifs is 1. The first-order valence-electron chi connectivity index (χ1n) is 10.2. The summed E-state index contributed by atoms with van der Waals surface area (Å²) in [6.45, 7) is 3.58. The summed E-state index contributed by atoms with van der Waals surface area (Å²) in [7, 11) is 0. The van der Waals surface area contributed by atoms with Gasteiger partial charge in [-0.15, -0.1) is 0 Å². The largest absolute Gasteiger partial charge is 0.452 e. The number of H-pyrrole nitrogens is 1. The van der Waals surface area contributed by atoms with Crippen LogP contribution in [0.3, 0.4) is 0 Å². The number of amides is 1. The van der Waals surface area contributed by atoms with Gasteiger partial charge >= 0.3 is 11.9 Å². The predicted octanol–water partition coefficient (Wildman–Crippen LogP) is 6.27. The number of halogens is 5. The quantitative estimate of drug-likeness (QED) is 0.285. The van der Waals surface area contributed by atoms with E-state index in [2.05, 4.69) is 31.2 Å². The van der Waals surface area contributed by atoms with E-state index >= 15 is 0 Å². The van der Waals surface area contributed by atoms with Gasteiger partial charge in [0.1, 0.15) is 5.52 Å². The van der Waals surface area contributed by atoms with Gasteiger partial charge in [-0.1, -0.05) is 22.0 Å². The SMILES string of the molecule is CC(C)n1c(=O)[nH]c2nccc(Oc3ccc(NC(=O)c4cccc(Br)c4C(F)(F)F)cc3F)c21. The molecule has 4 rings (SSSR count).